The molecule has 0 fully saturated rings. The van der Waals surface area contributed by atoms with Crippen LogP contribution in [0.3, 0.4) is 0 Å². The Bertz CT molecular complexity index is 2670. The topological polar surface area (TPSA) is 4.41 Å². The van der Waals surface area contributed by atoms with E-state index in [0.29, 0.717) is 0 Å². The fourth-order valence-electron chi connectivity index (χ4n) is 7.00. The van der Waals surface area contributed by atoms with Gasteiger partial charge in [0.05, 0.1) is 0 Å². The van der Waals surface area contributed by atoms with Crippen LogP contribution in [0.5, 0.6) is 0 Å². The summed E-state index contributed by atoms with van der Waals surface area (Å²) in [5, 5.41) is 13.5. The molecule has 0 bridgehead atoms. The van der Waals surface area contributed by atoms with E-state index in [0.717, 1.165) is 0 Å². The van der Waals surface area contributed by atoms with Gasteiger partial charge in [-0.25, -0.2) is 0 Å². The zero-order chi connectivity index (χ0) is 25.2. The van der Waals surface area contributed by atoms with Crippen molar-refractivity contribution in [1.29, 1.82) is 0 Å². The molecule has 10 rings (SSSR count). The molecule has 3 heteroatoms. The van der Waals surface area contributed by atoms with Crippen molar-refractivity contribution >= 4 is 114 Å². The molecule has 0 N–H and O–H groups in total. The van der Waals surface area contributed by atoms with Crippen LogP contribution in [0.1, 0.15) is 0 Å². The van der Waals surface area contributed by atoms with Gasteiger partial charge in [-0.2, -0.15) is 0 Å². The van der Waals surface area contributed by atoms with E-state index in [9.17, 15) is 0 Å². The first kappa shape index (κ1) is 20.8. The Hall–Kier alpha value is -4.14. The number of para-hydroxylation sites is 1. The Morgan fingerprint density at radius 2 is 1.03 bits per heavy atom. The first-order valence-corrected chi connectivity index (χ1v) is 15.8. The van der Waals surface area contributed by atoms with Gasteiger partial charge < -0.3 is 0 Å². The molecule has 0 unspecified atom stereocenters. The molecule has 4 aromatic heterocycles. The van der Waals surface area contributed by atoms with Crippen molar-refractivity contribution in [2.24, 2.45) is 0 Å². The summed E-state index contributed by atoms with van der Waals surface area (Å²) < 4.78 is 8.33. The average molecular weight is 577 g/mol. The molecule has 0 aliphatic heterocycles. The van der Waals surface area contributed by atoms with Gasteiger partial charge in [-0.3, -0.25) is 0 Å². The van der Waals surface area contributed by atoms with Gasteiger partial charge in [0.15, 0.2) is 0 Å². The number of thiophene rings is 1. The number of fused-ring (bicyclic) bond motifs is 11. The van der Waals surface area contributed by atoms with E-state index >= 15 is 0 Å². The normalized spacial score (nSPS) is 12.6. The molecular weight excluding hydrogens is 557 g/mol. The molecule has 10 aromatic rings. The molecule has 0 amide bonds. The fourth-order valence-corrected chi connectivity index (χ4v) is 10.8. The van der Waals surface area contributed by atoms with Gasteiger partial charge in [0.25, 0.3) is 0 Å². The van der Waals surface area contributed by atoms with Crippen molar-refractivity contribution in [2.45, 2.75) is 0 Å². The van der Waals surface area contributed by atoms with Crippen LogP contribution in [0.2, 0.25) is 0 Å². The number of nitrogens with zero attached hydrogens (tertiary/aromatic N) is 1. The molecular formula is C36H19NSSe. The monoisotopic (exact) mass is 577 g/mol. The van der Waals surface area contributed by atoms with E-state index in [1.54, 1.807) is 0 Å². The summed E-state index contributed by atoms with van der Waals surface area (Å²) in [5.74, 6) is 0. The SMILES string of the molecule is c1ccc2c(c1)[se]c1c2ccc2c3cccc4c5ccccc5c5cccc6sc7cccc(c7c65)n(c43)c21. The fraction of sp³-hybridized carbons (Fsp3) is 0. The van der Waals surface area contributed by atoms with Gasteiger partial charge >= 0.3 is 234 Å². The molecule has 39 heavy (non-hydrogen) atoms. The van der Waals surface area contributed by atoms with E-state index < -0.39 is 0 Å². The van der Waals surface area contributed by atoms with Crippen molar-refractivity contribution in [2.75, 3.05) is 0 Å². The third kappa shape index (κ3) is 2.52. The first-order chi connectivity index (χ1) is 19.4. The zero-order valence-electron chi connectivity index (χ0n) is 20.7. The molecule has 0 aliphatic carbocycles. The van der Waals surface area contributed by atoms with Crippen molar-refractivity contribution in [3.63, 3.8) is 0 Å². The molecule has 0 saturated heterocycles. The number of rotatable bonds is 0. The predicted molar refractivity (Wildman–Crippen MR) is 172 cm³/mol. The predicted octanol–water partition coefficient (Wildman–Crippen LogP) is 10.3. The van der Waals surface area contributed by atoms with Crippen LogP contribution in [0, 0.1) is 0 Å². The molecule has 6 aromatic carbocycles. The van der Waals surface area contributed by atoms with Crippen molar-refractivity contribution in [1.82, 2.24) is 4.40 Å². The van der Waals surface area contributed by atoms with Gasteiger partial charge in [0.1, 0.15) is 0 Å². The van der Waals surface area contributed by atoms with Gasteiger partial charge in [-0.1, -0.05) is 0 Å². The number of hydrogen-bond acceptors (Lipinski definition) is 1. The molecule has 0 radical (unpaired) electrons. The summed E-state index contributed by atoms with van der Waals surface area (Å²) >= 11 is 2.17. The maximum absolute atomic E-state index is 2.64. The second-order valence-corrected chi connectivity index (χ2v) is 13.7. The van der Waals surface area contributed by atoms with E-state index in [1.165, 1.54) is 88.3 Å². The van der Waals surface area contributed by atoms with Crippen LogP contribution in [0.15, 0.2) is 115 Å². The third-order valence-electron chi connectivity index (χ3n) is 8.54. The molecule has 0 saturated carbocycles. The van der Waals surface area contributed by atoms with Crippen LogP contribution in [-0.4, -0.2) is 18.9 Å². The summed E-state index contributed by atoms with van der Waals surface area (Å²) in [4.78, 5) is 0. The molecule has 180 valence electrons. The van der Waals surface area contributed by atoms with Gasteiger partial charge in [0, 0.05) is 0 Å². The van der Waals surface area contributed by atoms with Crippen LogP contribution in [-0.2, 0) is 0 Å². The summed E-state index contributed by atoms with van der Waals surface area (Å²) in [5.41, 5.74) is 4.00. The molecule has 0 spiro atoms. The van der Waals surface area contributed by atoms with Gasteiger partial charge in [-0.05, 0) is 0 Å². The minimum atomic E-state index is 0.256. The Morgan fingerprint density at radius 3 is 1.90 bits per heavy atom. The van der Waals surface area contributed by atoms with Crippen LogP contribution in [0.4, 0.5) is 0 Å². The number of benzene rings is 6. The minimum absolute atomic E-state index is 0.256. The molecule has 1 nitrogen and oxygen atoms in total. The summed E-state index contributed by atoms with van der Waals surface area (Å²) in [7, 11) is 0. The second kappa shape index (κ2) is 7.28. The Kier molecular flexibility index (Phi) is 3.88. The average Bonchev–Trinajstić information content (AvgIpc) is 3.66. The Morgan fingerprint density at radius 1 is 0.436 bits per heavy atom. The van der Waals surface area contributed by atoms with E-state index in [1.807, 2.05) is 11.3 Å². The van der Waals surface area contributed by atoms with E-state index in [-0.39, 0.29) is 14.5 Å². The quantitative estimate of drug-likeness (QED) is 0.158. The molecule has 0 aliphatic rings. The van der Waals surface area contributed by atoms with Crippen LogP contribution < -0.4 is 0 Å². The van der Waals surface area contributed by atoms with Crippen molar-refractivity contribution in [3.8, 4) is 0 Å². The Labute approximate surface area is 232 Å². The standard InChI is InChI=1S/C36H19NSSe/c1-2-9-21-20(8-1)23-11-6-15-29-32(23)33-28(14-7-16-30(33)38-29)37-34-24(21)12-5-13-25(34)26-18-19-27-22-10-3-4-17-31(22)39-36(27)35(26)37/h1-19H. The Balaban J connectivity index is 1.69. The zero-order valence-corrected chi connectivity index (χ0v) is 23.3. The third-order valence-corrected chi connectivity index (χ3v) is 12.2. The summed E-state index contributed by atoms with van der Waals surface area (Å²) in [6, 6.07) is 43.4. The maximum atomic E-state index is 2.64. The van der Waals surface area contributed by atoms with Crippen LogP contribution >= 0.6 is 11.3 Å². The summed E-state index contributed by atoms with van der Waals surface area (Å²) in [6.07, 6.45) is 0. The molecule has 0 atom stereocenters. The molecule has 4 heterocycles. The van der Waals surface area contributed by atoms with Gasteiger partial charge in [0.2, 0.25) is 0 Å². The van der Waals surface area contributed by atoms with Crippen LogP contribution in [0.25, 0.3) is 88.3 Å². The summed E-state index contributed by atoms with van der Waals surface area (Å²) in [6.45, 7) is 0. The van der Waals surface area contributed by atoms with Gasteiger partial charge in [-0.15, -0.1) is 0 Å². The van der Waals surface area contributed by atoms with Crippen molar-refractivity contribution < 1.29 is 0 Å². The first-order valence-electron chi connectivity index (χ1n) is 13.3. The van der Waals surface area contributed by atoms with Crippen molar-refractivity contribution in [3.05, 3.63) is 115 Å². The number of hydrogen-bond donors (Lipinski definition) is 0. The van der Waals surface area contributed by atoms with E-state index in [4.69, 9.17) is 0 Å². The van der Waals surface area contributed by atoms with E-state index in [2.05, 4.69) is 120 Å². The number of aromatic nitrogens is 1. The second-order valence-electron chi connectivity index (χ2n) is 10.5.